The van der Waals surface area contributed by atoms with Gasteiger partial charge in [0.15, 0.2) is 11.5 Å². The van der Waals surface area contributed by atoms with Crippen molar-refractivity contribution < 1.29 is 33.3 Å². The molecule has 0 aliphatic carbocycles. The lowest BCUT2D eigenvalue weighted by Gasteiger charge is -2.14. The lowest BCUT2D eigenvalue weighted by molar-refractivity contribution is 0.0733. The van der Waals surface area contributed by atoms with Gasteiger partial charge >= 0.3 is 5.97 Å². The van der Waals surface area contributed by atoms with Crippen LogP contribution in [0.5, 0.6) is 23.0 Å². The summed E-state index contributed by atoms with van der Waals surface area (Å²) in [6, 6.07) is 24.9. The molecular weight excluding hydrogens is 526 g/mol. The van der Waals surface area contributed by atoms with Crippen LogP contribution in [-0.4, -0.2) is 45.3 Å². The number of rotatable bonds is 10. The molecule has 0 atom stereocenters. The van der Waals surface area contributed by atoms with Gasteiger partial charge in [-0.1, -0.05) is 42.5 Å². The first-order valence-corrected chi connectivity index (χ1v) is 12.3. The quantitative estimate of drug-likeness (QED) is 0.123. The van der Waals surface area contributed by atoms with E-state index in [1.807, 2.05) is 6.07 Å². The number of hydrogen-bond acceptors (Lipinski definition) is 8. The average molecular weight is 554 g/mol. The van der Waals surface area contributed by atoms with Crippen molar-refractivity contribution >= 4 is 29.7 Å². The zero-order chi connectivity index (χ0) is 29.2. The first-order valence-electron chi connectivity index (χ1n) is 12.3. The molecule has 0 spiro atoms. The van der Waals surface area contributed by atoms with Crippen molar-refractivity contribution in [3.63, 3.8) is 0 Å². The normalized spacial score (nSPS) is 10.5. The fourth-order valence-electron chi connectivity index (χ4n) is 3.83. The molecule has 10 heteroatoms. The second-order valence-corrected chi connectivity index (χ2v) is 8.41. The van der Waals surface area contributed by atoms with Crippen molar-refractivity contribution in [3.05, 3.63) is 113 Å². The van der Waals surface area contributed by atoms with Gasteiger partial charge < -0.3 is 24.3 Å². The van der Waals surface area contributed by atoms with Gasteiger partial charge in [0, 0.05) is 11.1 Å². The van der Waals surface area contributed by atoms with E-state index in [9.17, 15) is 14.4 Å². The van der Waals surface area contributed by atoms with Gasteiger partial charge in [0.1, 0.15) is 5.75 Å². The summed E-state index contributed by atoms with van der Waals surface area (Å²) < 4.78 is 21.5. The number of ether oxygens (including phenoxy) is 4. The molecule has 0 heterocycles. The minimum atomic E-state index is -0.669. The number of para-hydroxylation sites is 2. The van der Waals surface area contributed by atoms with E-state index in [-0.39, 0.29) is 22.8 Å². The van der Waals surface area contributed by atoms with E-state index < -0.39 is 11.9 Å². The van der Waals surface area contributed by atoms with Gasteiger partial charge in [-0.2, -0.15) is 5.10 Å². The predicted octanol–water partition coefficient (Wildman–Crippen LogP) is 4.95. The van der Waals surface area contributed by atoms with Crippen LogP contribution in [0.1, 0.15) is 36.6 Å². The summed E-state index contributed by atoms with van der Waals surface area (Å²) >= 11 is 0. The number of methoxy groups -OCH3 is 3. The summed E-state index contributed by atoms with van der Waals surface area (Å²) in [5.74, 6) is -0.407. The molecule has 4 aromatic carbocycles. The Morgan fingerprint density at radius 3 is 2.00 bits per heavy atom. The third kappa shape index (κ3) is 6.87. The highest BCUT2D eigenvalue weighted by Crippen LogP contribution is 2.38. The zero-order valence-electron chi connectivity index (χ0n) is 22.5. The Bertz CT molecular complexity index is 1560. The Hall–Kier alpha value is -5.64. The molecule has 0 bridgehead atoms. The highest BCUT2D eigenvalue weighted by atomic mass is 16.5. The van der Waals surface area contributed by atoms with Crippen molar-refractivity contribution in [3.8, 4) is 23.0 Å². The molecule has 4 aromatic rings. The van der Waals surface area contributed by atoms with Gasteiger partial charge in [-0.15, -0.1) is 0 Å². The minimum Gasteiger partial charge on any atom is -0.493 e. The van der Waals surface area contributed by atoms with Crippen molar-refractivity contribution in [2.24, 2.45) is 5.10 Å². The van der Waals surface area contributed by atoms with E-state index in [1.54, 1.807) is 72.8 Å². The van der Waals surface area contributed by atoms with Crippen molar-refractivity contribution in [1.82, 2.24) is 5.43 Å². The number of carbonyl (C=O) groups excluding carboxylic acids is 3. The standard InChI is InChI=1S/C31H27N3O7/c1-38-26-17-22(18-27(39-2)28(26)40-3)31(37)41-25-16-10-7-13-21(25)19-32-34-30(36)23-14-8-9-15-24(23)33-29(35)20-11-5-4-6-12-20/h4-19H,1-3H3,(H,33,35)(H,34,36)/b32-19-. The Kier molecular flexibility index (Phi) is 9.29. The molecule has 0 saturated carbocycles. The minimum absolute atomic E-state index is 0.175. The number of hydrazone groups is 1. The van der Waals surface area contributed by atoms with Gasteiger partial charge in [-0.05, 0) is 48.5 Å². The summed E-state index contributed by atoms with van der Waals surface area (Å²) in [5.41, 5.74) is 4.06. The molecule has 0 fully saturated rings. The summed E-state index contributed by atoms with van der Waals surface area (Å²) in [7, 11) is 4.36. The number of amides is 2. The lowest BCUT2D eigenvalue weighted by atomic mass is 10.1. The molecule has 41 heavy (non-hydrogen) atoms. The molecule has 0 aliphatic heterocycles. The number of carbonyl (C=O) groups is 3. The smallest absolute Gasteiger partial charge is 0.343 e. The van der Waals surface area contributed by atoms with Crippen molar-refractivity contribution in [2.45, 2.75) is 0 Å². The van der Waals surface area contributed by atoms with Crippen LogP contribution in [0.25, 0.3) is 0 Å². The first-order chi connectivity index (χ1) is 19.9. The SMILES string of the molecule is COc1cc(C(=O)Oc2ccccc2/C=N\NC(=O)c2ccccc2NC(=O)c2ccccc2)cc(OC)c1OC. The van der Waals surface area contributed by atoms with Crippen LogP contribution in [0, 0.1) is 0 Å². The zero-order valence-corrected chi connectivity index (χ0v) is 22.5. The Labute approximate surface area is 236 Å². The van der Waals surface area contributed by atoms with Crippen LogP contribution in [0.3, 0.4) is 0 Å². The maximum Gasteiger partial charge on any atom is 0.343 e. The topological polar surface area (TPSA) is 125 Å². The molecule has 0 unspecified atom stereocenters. The molecule has 10 nitrogen and oxygen atoms in total. The van der Waals surface area contributed by atoms with E-state index in [4.69, 9.17) is 18.9 Å². The summed E-state index contributed by atoms with van der Waals surface area (Å²) in [6.45, 7) is 0. The molecule has 4 rings (SSSR count). The van der Waals surface area contributed by atoms with Crippen LogP contribution < -0.4 is 29.7 Å². The fraction of sp³-hybridized carbons (Fsp3) is 0.0968. The molecule has 0 radical (unpaired) electrons. The van der Waals surface area contributed by atoms with Crippen LogP contribution >= 0.6 is 0 Å². The second kappa shape index (κ2) is 13.4. The molecular formula is C31H27N3O7. The highest BCUT2D eigenvalue weighted by molar-refractivity contribution is 6.09. The third-order valence-corrected chi connectivity index (χ3v) is 5.85. The largest absolute Gasteiger partial charge is 0.493 e. The number of nitrogens with one attached hydrogen (secondary N) is 2. The van der Waals surface area contributed by atoms with Gasteiger partial charge in [-0.3, -0.25) is 9.59 Å². The molecule has 2 amide bonds. The molecule has 208 valence electrons. The number of esters is 1. The number of nitrogens with zero attached hydrogens (tertiary/aromatic N) is 1. The first kappa shape index (κ1) is 28.4. The van der Waals surface area contributed by atoms with E-state index >= 15 is 0 Å². The second-order valence-electron chi connectivity index (χ2n) is 8.41. The lowest BCUT2D eigenvalue weighted by Crippen LogP contribution is -2.21. The predicted molar refractivity (Wildman–Crippen MR) is 153 cm³/mol. The maximum atomic E-state index is 13.0. The molecule has 0 saturated heterocycles. The van der Waals surface area contributed by atoms with Crippen molar-refractivity contribution in [1.29, 1.82) is 0 Å². The summed E-state index contributed by atoms with van der Waals surface area (Å²) in [4.78, 5) is 38.5. The Balaban J connectivity index is 1.47. The van der Waals surface area contributed by atoms with E-state index in [1.165, 1.54) is 39.7 Å². The molecule has 0 aromatic heterocycles. The van der Waals surface area contributed by atoms with Crippen LogP contribution in [0.15, 0.2) is 96.1 Å². The fourth-order valence-corrected chi connectivity index (χ4v) is 3.83. The van der Waals surface area contributed by atoms with Crippen LogP contribution in [0.2, 0.25) is 0 Å². The van der Waals surface area contributed by atoms with Gasteiger partial charge in [0.05, 0.1) is 44.4 Å². The number of anilines is 1. The van der Waals surface area contributed by atoms with Gasteiger partial charge in [0.25, 0.3) is 11.8 Å². The van der Waals surface area contributed by atoms with Crippen LogP contribution in [-0.2, 0) is 0 Å². The van der Waals surface area contributed by atoms with Gasteiger partial charge in [-0.25, -0.2) is 10.2 Å². The van der Waals surface area contributed by atoms with E-state index in [0.29, 0.717) is 34.1 Å². The Morgan fingerprint density at radius 1 is 0.683 bits per heavy atom. The molecule has 0 aliphatic rings. The number of benzene rings is 4. The number of hydrogen-bond donors (Lipinski definition) is 2. The Morgan fingerprint density at radius 2 is 1.32 bits per heavy atom. The monoisotopic (exact) mass is 553 g/mol. The highest BCUT2D eigenvalue weighted by Gasteiger charge is 2.19. The van der Waals surface area contributed by atoms with E-state index in [0.717, 1.165) is 0 Å². The third-order valence-electron chi connectivity index (χ3n) is 5.85. The van der Waals surface area contributed by atoms with E-state index in [2.05, 4.69) is 15.8 Å². The van der Waals surface area contributed by atoms with Gasteiger partial charge in [0.2, 0.25) is 5.75 Å². The molecule has 2 N–H and O–H groups in total. The summed E-state index contributed by atoms with van der Waals surface area (Å²) in [5, 5.41) is 6.78. The summed E-state index contributed by atoms with van der Waals surface area (Å²) in [6.07, 6.45) is 1.35. The van der Waals surface area contributed by atoms with Crippen LogP contribution in [0.4, 0.5) is 5.69 Å². The maximum absolute atomic E-state index is 13.0. The average Bonchev–Trinajstić information content (AvgIpc) is 3.01. The van der Waals surface area contributed by atoms with Crippen molar-refractivity contribution in [2.75, 3.05) is 26.6 Å².